The topological polar surface area (TPSA) is 23.5 Å². The Morgan fingerprint density at radius 3 is 2.56 bits per heavy atom. The van der Waals surface area contributed by atoms with Gasteiger partial charge in [-0.2, -0.15) is 0 Å². The molecule has 100 valence electrons. The van der Waals surface area contributed by atoms with Gasteiger partial charge in [0, 0.05) is 23.8 Å². The molecule has 1 saturated carbocycles. The van der Waals surface area contributed by atoms with Crippen molar-refractivity contribution in [3.8, 4) is 0 Å². The molecule has 0 aromatic heterocycles. The first-order chi connectivity index (χ1) is 8.76. The van der Waals surface area contributed by atoms with Gasteiger partial charge >= 0.3 is 0 Å². The Hall–Kier alpha value is -1.02. The Balaban J connectivity index is 2.25. The van der Waals surface area contributed by atoms with Crippen LogP contribution in [0.2, 0.25) is 0 Å². The summed E-state index contributed by atoms with van der Waals surface area (Å²) in [5.74, 6) is 0. The van der Waals surface area contributed by atoms with Crippen LogP contribution in [0.3, 0.4) is 0 Å². The van der Waals surface area contributed by atoms with Gasteiger partial charge in [-0.1, -0.05) is 37.0 Å². The molecule has 18 heavy (non-hydrogen) atoms. The van der Waals surface area contributed by atoms with E-state index < -0.39 is 0 Å². The fourth-order valence-electron chi connectivity index (χ4n) is 3.14. The maximum absolute atomic E-state index is 9.56. The molecule has 0 saturated heterocycles. The molecule has 0 amide bonds. The lowest BCUT2D eigenvalue weighted by Gasteiger charge is -2.36. The summed E-state index contributed by atoms with van der Waals surface area (Å²) in [7, 11) is 0. The van der Waals surface area contributed by atoms with Crippen molar-refractivity contribution in [3.63, 3.8) is 0 Å². The van der Waals surface area contributed by atoms with E-state index in [0.717, 1.165) is 12.1 Å². The van der Waals surface area contributed by atoms with Crippen LogP contribution >= 0.6 is 0 Å². The maximum Gasteiger partial charge on any atom is 0.0702 e. The van der Waals surface area contributed by atoms with Crippen molar-refractivity contribution < 1.29 is 5.11 Å². The van der Waals surface area contributed by atoms with E-state index in [-0.39, 0.29) is 6.61 Å². The number of benzene rings is 1. The average Bonchev–Trinajstić information content (AvgIpc) is 2.42. The van der Waals surface area contributed by atoms with Gasteiger partial charge in [-0.25, -0.2) is 0 Å². The molecule has 0 atom stereocenters. The maximum atomic E-state index is 9.56. The first-order valence-corrected chi connectivity index (χ1v) is 7.23. The van der Waals surface area contributed by atoms with Gasteiger partial charge in [-0.05, 0) is 32.8 Å². The number of anilines is 1. The third-order valence-electron chi connectivity index (χ3n) is 4.07. The van der Waals surface area contributed by atoms with E-state index in [0.29, 0.717) is 6.04 Å². The fraction of sp³-hybridized carbons (Fsp3) is 0.625. The van der Waals surface area contributed by atoms with E-state index >= 15 is 0 Å². The molecule has 1 aromatic carbocycles. The summed E-state index contributed by atoms with van der Waals surface area (Å²) < 4.78 is 0. The number of hydrogen-bond donors (Lipinski definition) is 1. The van der Waals surface area contributed by atoms with Gasteiger partial charge in [-0.15, -0.1) is 0 Å². The van der Waals surface area contributed by atoms with E-state index in [4.69, 9.17) is 0 Å². The van der Waals surface area contributed by atoms with E-state index in [1.807, 2.05) is 0 Å². The van der Waals surface area contributed by atoms with Crippen LogP contribution in [0.4, 0.5) is 5.69 Å². The molecule has 0 heterocycles. The molecule has 2 nitrogen and oxygen atoms in total. The molecule has 1 fully saturated rings. The summed E-state index contributed by atoms with van der Waals surface area (Å²) in [6, 6.07) is 7.11. The predicted molar refractivity (Wildman–Crippen MR) is 77.0 cm³/mol. The van der Waals surface area contributed by atoms with Gasteiger partial charge in [0.2, 0.25) is 0 Å². The third kappa shape index (κ3) is 2.86. The fourth-order valence-corrected chi connectivity index (χ4v) is 3.14. The minimum Gasteiger partial charge on any atom is -0.392 e. The monoisotopic (exact) mass is 247 g/mol. The van der Waals surface area contributed by atoms with Crippen LogP contribution in [0.25, 0.3) is 0 Å². The lowest BCUT2D eigenvalue weighted by molar-refractivity contribution is 0.281. The van der Waals surface area contributed by atoms with Crippen LogP contribution in [-0.2, 0) is 6.61 Å². The minimum atomic E-state index is 0.139. The molecule has 1 N–H and O–H groups in total. The highest BCUT2D eigenvalue weighted by atomic mass is 16.3. The summed E-state index contributed by atoms with van der Waals surface area (Å²) in [6.45, 7) is 5.47. The Morgan fingerprint density at radius 2 is 1.94 bits per heavy atom. The Labute approximate surface area is 111 Å². The van der Waals surface area contributed by atoms with Crippen LogP contribution in [0, 0.1) is 6.92 Å². The van der Waals surface area contributed by atoms with Crippen LogP contribution in [0.5, 0.6) is 0 Å². The lowest BCUT2D eigenvalue weighted by atomic mass is 9.93. The van der Waals surface area contributed by atoms with E-state index in [1.54, 1.807) is 0 Å². The van der Waals surface area contributed by atoms with E-state index in [2.05, 4.69) is 36.9 Å². The van der Waals surface area contributed by atoms with Crippen LogP contribution in [0.1, 0.15) is 50.2 Å². The Bertz CT molecular complexity index is 383. The number of rotatable bonds is 4. The Morgan fingerprint density at radius 1 is 1.22 bits per heavy atom. The van der Waals surface area contributed by atoms with Crippen molar-refractivity contribution in [1.82, 2.24) is 0 Å². The highest BCUT2D eigenvalue weighted by Crippen LogP contribution is 2.30. The van der Waals surface area contributed by atoms with Gasteiger partial charge in [0.1, 0.15) is 0 Å². The van der Waals surface area contributed by atoms with E-state index in [9.17, 15) is 5.11 Å². The van der Waals surface area contributed by atoms with Crippen molar-refractivity contribution in [2.45, 2.75) is 58.6 Å². The van der Waals surface area contributed by atoms with Gasteiger partial charge in [0.25, 0.3) is 0 Å². The molecule has 2 rings (SSSR count). The van der Waals surface area contributed by atoms with Crippen LogP contribution in [-0.4, -0.2) is 17.7 Å². The van der Waals surface area contributed by atoms with Crippen LogP contribution in [0.15, 0.2) is 18.2 Å². The van der Waals surface area contributed by atoms with Gasteiger partial charge in [0.15, 0.2) is 0 Å². The van der Waals surface area contributed by atoms with Crippen molar-refractivity contribution in [2.75, 3.05) is 11.4 Å². The second kappa shape index (κ2) is 6.24. The van der Waals surface area contributed by atoms with Crippen molar-refractivity contribution >= 4 is 5.69 Å². The SMILES string of the molecule is CCN(c1ccc(C)cc1CO)C1CCCCC1. The largest absolute Gasteiger partial charge is 0.392 e. The number of nitrogens with zero attached hydrogens (tertiary/aromatic N) is 1. The normalized spacial score (nSPS) is 16.8. The summed E-state index contributed by atoms with van der Waals surface area (Å²) in [4.78, 5) is 2.49. The number of aliphatic hydroxyl groups excluding tert-OH is 1. The molecule has 1 aromatic rings. The third-order valence-corrected chi connectivity index (χ3v) is 4.07. The van der Waals surface area contributed by atoms with Crippen molar-refractivity contribution in [1.29, 1.82) is 0 Å². The quantitative estimate of drug-likeness (QED) is 0.878. The lowest BCUT2D eigenvalue weighted by Crippen LogP contribution is -2.37. The second-order valence-corrected chi connectivity index (χ2v) is 5.37. The molecule has 2 heteroatoms. The number of aryl methyl sites for hydroxylation is 1. The van der Waals surface area contributed by atoms with Gasteiger partial charge in [-0.3, -0.25) is 0 Å². The van der Waals surface area contributed by atoms with Crippen molar-refractivity contribution in [3.05, 3.63) is 29.3 Å². The van der Waals surface area contributed by atoms with E-state index in [1.165, 1.54) is 43.4 Å². The first-order valence-electron chi connectivity index (χ1n) is 7.23. The van der Waals surface area contributed by atoms with Gasteiger partial charge < -0.3 is 10.0 Å². The second-order valence-electron chi connectivity index (χ2n) is 5.37. The smallest absolute Gasteiger partial charge is 0.0702 e. The molecular weight excluding hydrogens is 222 g/mol. The zero-order valence-electron chi connectivity index (χ0n) is 11.7. The molecule has 0 unspecified atom stereocenters. The molecule has 1 aliphatic rings. The standard InChI is InChI=1S/C16H25NO/c1-3-17(15-7-5-4-6-8-15)16-10-9-13(2)11-14(16)12-18/h9-11,15,18H,3-8,12H2,1-2H3. The summed E-state index contributed by atoms with van der Waals surface area (Å²) in [5, 5.41) is 9.56. The minimum absolute atomic E-state index is 0.139. The molecule has 0 spiro atoms. The Kier molecular flexibility index (Phi) is 4.65. The zero-order valence-corrected chi connectivity index (χ0v) is 11.7. The van der Waals surface area contributed by atoms with Gasteiger partial charge in [0.05, 0.1) is 6.61 Å². The average molecular weight is 247 g/mol. The number of aliphatic hydroxyl groups is 1. The molecule has 1 aliphatic carbocycles. The summed E-state index contributed by atoms with van der Waals surface area (Å²) in [5.41, 5.74) is 3.53. The summed E-state index contributed by atoms with van der Waals surface area (Å²) in [6.07, 6.45) is 6.68. The molecular formula is C16H25NO. The highest BCUT2D eigenvalue weighted by Gasteiger charge is 2.21. The summed E-state index contributed by atoms with van der Waals surface area (Å²) >= 11 is 0. The number of hydrogen-bond acceptors (Lipinski definition) is 2. The predicted octanol–water partition coefficient (Wildman–Crippen LogP) is 3.65. The molecule has 0 radical (unpaired) electrons. The molecule has 0 bridgehead atoms. The molecule has 0 aliphatic heterocycles. The zero-order chi connectivity index (χ0) is 13.0. The van der Waals surface area contributed by atoms with Crippen molar-refractivity contribution in [2.24, 2.45) is 0 Å². The van der Waals surface area contributed by atoms with Crippen LogP contribution < -0.4 is 4.90 Å². The highest BCUT2D eigenvalue weighted by molar-refractivity contribution is 5.55. The first kappa shape index (κ1) is 13.4.